The van der Waals surface area contributed by atoms with Crippen LogP contribution in [-0.2, 0) is 31.4 Å². The Bertz CT molecular complexity index is 866. The summed E-state index contributed by atoms with van der Waals surface area (Å²) in [5.41, 5.74) is 2.03. The monoisotopic (exact) mass is 331 g/mol. The highest BCUT2D eigenvalue weighted by molar-refractivity contribution is 7.12. The molecule has 2 aromatic heterocycles. The molecule has 7 heteroatoms. The zero-order valence-corrected chi connectivity index (χ0v) is 14.1. The van der Waals surface area contributed by atoms with Crippen LogP contribution < -0.4 is 5.56 Å². The number of fused-ring (bicyclic) bond motifs is 1. The van der Waals surface area contributed by atoms with Crippen LogP contribution in [0.4, 0.5) is 0 Å². The number of aryl methyl sites for hydroxylation is 1. The molecule has 0 aromatic carbocycles. The van der Waals surface area contributed by atoms with E-state index in [1.807, 2.05) is 5.38 Å². The van der Waals surface area contributed by atoms with Crippen LogP contribution in [0.15, 0.2) is 16.2 Å². The Kier molecular flexibility index (Phi) is 3.89. The van der Waals surface area contributed by atoms with E-state index in [1.54, 1.807) is 24.9 Å². The first-order valence-electron chi connectivity index (χ1n) is 7.28. The molecule has 0 spiro atoms. The van der Waals surface area contributed by atoms with Crippen molar-refractivity contribution in [2.75, 3.05) is 0 Å². The minimum absolute atomic E-state index is 0.00504. The van der Waals surface area contributed by atoms with Gasteiger partial charge in [-0.3, -0.25) is 19.0 Å². The Labute approximate surface area is 137 Å². The van der Waals surface area contributed by atoms with Crippen LogP contribution in [0.3, 0.4) is 0 Å². The number of carbonyl (C=O) groups is 2. The van der Waals surface area contributed by atoms with E-state index in [1.165, 1.54) is 22.8 Å². The van der Waals surface area contributed by atoms with Gasteiger partial charge in [0.25, 0.3) is 5.56 Å². The first kappa shape index (κ1) is 15.6. The minimum Gasteiger partial charge on any atom is -0.332 e. The van der Waals surface area contributed by atoms with Crippen LogP contribution >= 0.6 is 11.3 Å². The molecular weight excluding hydrogens is 314 g/mol. The summed E-state index contributed by atoms with van der Waals surface area (Å²) in [6.45, 7) is 3.96. The molecule has 0 saturated carbocycles. The van der Waals surface area contributed by atoms with Gasteiger partial charge in [0.15, 0.2) is 5.78 Å². The number of amides is 1. The fourth-order valence-electron chi connectivity index (χ4n) is 2.64. The lowest BCUT2D eigenvalue weighted by molar-refractivity contribution is -0.131. The van der Waals surface area contributed by atoms with Crippen molar-refractivity contribution in [2.45, 2.75) is 33.4 Å². The van der Waals surface area contributed by atoms with Gasteiger partial charge in [0.2, 0.25) is 5.91 Å². The molecule has 23 heavy (non-hydrogen) atoms. The van der Waals surface area contributed by atoms with Gasteiger partial charge in [0, 0.05) is 7.05 Å². The topological polar surface area (TPSA) is 72.3 Å². The molecule has 3 heterocycles. The summed E-state index contributed by atoms with van der Waals surface area (Å²) in [7, 11) is 1.68. The van der Waals surface area contributed by atoms with Gasteiger partial charge in [-0.25, -0.2) is 4.98 Å². The number of nitrogens with zero attached hydrogens (tertiary/aromatic N) is 3. The zero-order chi connectivity index (χ0) is 16.7. The maximum atomic E-state index is 12.5. The van der Waals surface area contributed by atoms with Crippen molar-refractivity contribution in [1.29, 1.82) is 0 Å². The Hall–Kier alpha value is -2.28. The van der Waals surface area contributed by atoms with Gasteiger partial charge in [-0.05, 0) is 30.9 Å². The predicted octanol–water partition coefficient (Wildman–Crippen LogP) is 1.44. The van der Waals surface area contributed by atoms with Crippen LogP contribution in [0, 0.1) is 6.92 Å². The van der Waals surface area contributed by atoms with Crippen LogP contribution in [0.5, 0.6) is 0 Å². The van der Waals surface area contributed by atoms with E-state index >= 15 is 0 Å². The summed E-state index contributed by atoms with van der Waals surface area (Å²) in [5.74, 6) is 0.591. The average molecular weight is 331 g/mol. The fourth-order valence-corrected chi connectivity index (χ4v) is 3.46. The molecule has 1 aliphatic heterocycles. The van der Waals surface area contributed by atoms with Crippen molar-refractivity contribution in [2.24, 2.45) is 7.05 Å². The highest BCUT2D eigenvalue weighted by Crippen LogP contribution is 2.21. The number of thiophene rings is 1. The number of rotatable bonds is 3. The number of aromatic nitrogens is 2. The minimum atomic E-state index is -0.0859. The number of ketones is 1. The second kappa shape index (κ2) is 5.73. The molecule has 1 aliphatic rings. The van der Waals surface area contributed by atoms with Gasteiger partial charge in [0.1, 0.15) is 5.82 Å². The average Bonchev–Trinajstić information content (AvgIpc) is 3.11. The van der Waals surface area contributed by atoms with E-state index in [2.05, 4.69) is 4.98 Å². The molecule has 6 nitrogen and oxygen atoms in total. The van der Waals surface area contributed by atoms with Crippen molar-refractivity contribution in [3.8, 4) is 0 Å². The van der Waals surface area contributed by atoms with Gasteiger partial charge >= 0.3 is 0 Å². The smallest absolute Gasteiger partial charge is 0.258 e. The molecule has 3 rings (SSSR count). The highest BCUT2D eigenvalue weighted by atomic mass is 32.1. The lowest BCUT2D eigenvalue weighted by Crippen LogP contribution is -2.28. The third-order valence-electron chi connectivity index (χ3n) is 4.09. The molecule has 0 saturated heterocycles. The standard InChI is InChI=1S/C16H17N3O3S/c1-9(20)14-4-11(8-23-14)5-15(21)19-6-12-13(7-19)17-10(2)18(3)16(12)22/h4,8H,5-7H2,1-3H3. The predicted molar refractivity (Wildman–Crippen MR) is 86.5 cm³/mol. The maximum Gasteiger partial charge on any atom is 0.258 e. The van der Waals surface area contributed by atoms with Crippen molar-refractivity contribution < 1.29 is 9.59 Å². The summed E-state index contributed by atoms with van der Waals surface area (Å²) >= 11 is 1.35. The second-order valence-corrected chi connectivity index (χ2v) is 6.66. The molecule has 0 N–H and O–H groups in total. The third-order valence-corrected chi connectivity index (χ3v) is 5.17. The second-order valence-electron chi connectivity index (χ2n) is 5.75. The number of carbonyl (C=O) groups excluding carboxylic acids is 2. The highest BCUT2D eigenvalue weighted by Gasteiger charge is 2.28. The van der Waals surface area contributed by atoms with E-state index in [9.17, 15) is 14.4 Å². The summed E-state index contributed by atoms with van der Waals surface area (Å²) in [6, 6.07) is 1.76. The van der Waals surface area contributed by atoms with Gasteiger partial charge in [0.05, 0.1) is 35.6 Å². The molecule has 0 atom stereocenters. The first-order valence-corrected chi connectivity index (χ1v) is 8.16. The third kappa shape index (κ3) is 2.84. The summed E-state index contributed by atoms with van der Waals surface area (Å²) in [5, 5.41) is 1.83. The molecule has 0 fully saturated rings. The molecular formula is C16H17N3O3S. The first-order chi connectivity index (χ1) is 10.9. The van der Waals surface area contributed by atoms with Gasteiger partial charge < -0.3 is 4.90 Å². The van der Waals surface area contributed by atoms with Gasteiger partial charge in [-0.1, -0.05) is 0 Å². The summed E-state index contributed by atoms with van der Waals surface area (Å²) in [6.07, 6.45) is 0.233. The molecule has 0 bridgehead atoms. The van der Waals surface area contributed by atoms with Gasteiger partial charge in [-0.15, -0.1) is 11.3 Å². The van der Waals surface area contributed by atoms with E-state index in [0.29, 0.717) is 35.0 Å². The van der Waals surface area contributed by atoms with Crippen molar-refractivity contribution >= 4 is 23.0 Å². The Morgan fingerprint density at radius 1 is 1.35 bits per heavy atom. The molecule has 0 radical (unpaired) electrons. The Morgan fingerprint density at radius 2 is 2.09 bits per heavy atom. The largest absolute Gasteiger partial charge is 0.332 e. The molecule has 0 aliphatic carbocycles. The van der Waals surface area contributed by atoms with Crippen LogP contribution in [-0.4, -0.2) is 26.1 Å². The zero-order valence-electron chi connectivity index (χ0n) is 13.3. The lowest BCUT2D eigenvalue weighted by Gasteiger charge is -2.14. The van der Waals surface area contributed by atoms with Gasteiger partial charge in [-0.2, -0.15) is 0 Å². The lowest BCUT2D eigenvalue weighted by atomic mass is 10.2. The van der Waals surface area contributed by atoms with Crippen LogP contribution in [0.2, 0.25) is 0 Å². The van der Waals surface area contributed by atoms with E-state index in [0.717, 1.165) is 5.56 Å². The molecule has 120 valence electrons. The normalized spacial score (nSPS) is 13.3. The van der Waals surface area contributed by atoms with E-state index in [4.69, 9.17) is 0 Å². The number of Topliss-reactive ketones (excluding diaryl/α,β-unsaturated/α-hetero) is 1. The van der Waals surface area contributed by atoms with E-state index in [-0.39, 0.29) is 23.7 Å². The van der Waals surface area contributed by atoms with E-state index < -0.39 is 0 Å². The Balaban J connectivity index is 1.76. The van der Waals surface area contributed by atoms with Crippen molar-refractivity contribution in [3.63, 3.8) is 0 Å². The Morgan fingerprint density at radius 3 is 2.74 bits per heavy atom. The number of hydrogen-bond donors (Lipinski definition) is 0. The molecule has 1 amide bonds. The van der Waals surface area contributed by atoms with Crippen LogP contribution in [0.25, 0.3) is 0 Å². The quantitative estimate of drug-likeness (QED) is 0.798. The SMILES string of the molecule is CC(=O)c1cc(CC(=O)N2Cc3nc(C)n(C)c(=O)c3C2)cs1. The summed E-state index contributed by atoms with van der Waals surface area (Å²) < 4.78 is 1.50. The van der Waals surface area contributed by atoms with Crippen LogP contribution in [0.1, 0.15) is 39.2 Å². The molecule has 2 aromatic rings. The van der Waals surface area contributed by atoms with Crippen molar-refractivity contribution in [1.82, 2.24) is 14.5 Å². The van der Waals surface area contributed by atoms with Crippen molar-refractivity contribution in [3.05, 3.63) is 49.3 Å². The number of hydrogen-bond acceptors (Lipinski definition) is 5. The molecule has 0 unspecified atom stereocenters. The maximum absolute atomic E-state index is 12.5. The fraction of sp³-hybridized carbons (Fsp3) is 0.375. The summed E-state index contributed by atoms with van der Waals surface area (Å²) in [4.78, 5) is 42.7.